The molecule has 0 saturated carbocycles. The van der Waals surface area contributed by atoms with Crippen LogP contribution in [0.1, 0.15) is 32.1 Å². The maximum atomic E-state index is 13.1. The number of carbonyl (C=O) groups is 1. The van der Waals surface area contributed by atoms with Gasteiger partial charge in [-0.2, -0.15) is 0 Å². The first-order valence-corrected chi connectivity index (χ1v) is 10.6. The van der Waals surface area contributed by atoms with E-state index in [2.05, 4.69) is 43.5 Å². The van der Waals surface area contributed by atoms with E-state index in [0.717, 1.165) is 36.0 Å². The van der Waals surface area contributed by atoms with Gasteiger partial charge in [0.15, 0.2) is 0 Å². The summed E-state index contributed by atoms with van der Waals surface area (Å²) in [6.45, 7) is 5.46. The van der Waals surface area contributed by atoms with Gasteiger partial charge in [-0.25, -0.2) is 4.98 Å². The van der Waals surface area contributed by atoms with Crippen molar-refractivity contribution in [3.8, 4) is 0 Å². The summed E-state index contributed by atoms with van der Waals surface area (Å²) in [7, 11) is 0. The van der Waals surface area contributed by atoms with E-state index >= 15 is 0 Å². The Morgan fingerprint density at radius 1 is 1.15 bits per heavy atom. The highest BCUT2D eigenvalue weighted by Crippen LogP contribution is 2.35. The van der Waals surface area contributed by atoms with Crippen LogP contribution in [0.3, 0.4) is 0 Å². The van der Waals surface area contributed by atoms with E-state index in [1.165, 1.54) is 4.88 Å². The predicted octanol–water partition coefficient (Wildman–Crippen LogP) is 3.40. The molecular weight excluding hydrogens is 364 g/mol. The van der Waals surface area contributed by atoms with Gasteiger partial charge in [-0.3, -0.25) is 9.69 Å². The number of hydrogen-bond acceptors (Lipinski definition) is 5. The van der Waals surface area contributed by atoms with Gasteiger partial charge in [-0.15, -0.1) is 22.7 Å². The fourth-order valence-corrected chi connectivity index (χ4v) is 5.53. The van der Waals surface area contributed by atoms with Crippen LogP contribution in [0.15, 0.2) is 41.2 Å². The molecule has 26 heavy (non-hydrogen) atoms. The molecule has 134 valence electrons. The maximum Gasteiger partial charge on any atom is 0.271 e. The minimum Gasteiger partial charge on any atom is -0.337 e. The number of aryl methyl sites for hydroxylation is 1. The van der Waals surface area contributed by atoms with Gasteiger partial charge >= 0.3 is 0 Å². The third kappa shape index (κ3) is 2.71. The number of likely N-dealkylation sites (tertiary alicyclic amines) is 1. The summed E-state index contributed by atoms with van der Waals surface area (Å²) in [5.74, 6) is 0.125. The number of hydrogen-bond donors (Lipinski definition) is 0. The fraction of sp³-hybridized carbons (Fsp3) is 0.368. The number of carbonyl (C=O) groups excluding carboxylic acids is 1. The summed E-state index contributed by atoms with van der Waals surface area (Å²) in [6, 6.07) is 8.74. The van der Waals surface area contributed by atoms with Crippen molar-refractivity contribution in [3.05, 3.63) is 62.5 Å². The molecule has 0 N–H and O–H groups in total. The molecule has 5 rings (SSSR count). The van der Waals surface area contributed by atoms with Crippen LogP contribution in [0.4, 0.5) is 0 Å². The van der Waals surface area contributed by atoms with E-state index in [1.54, 1.807) is 22.7 Å². The highest BCUT2D eigenvalue weighted by molar-refractivity contribution is 7.10. The molecule has 0 unspecified atom stereocenters. The van der Waals surface area contributed by atoms with Gasteiger partial charge in [0.25, 0.3) is 5.91 Å². The lowest BCUT2D eigenvalue weighted by atomic mass is 10.1. The van der Waals surface area contributed by atoms with Gasteiger partial charge in [0.1, 0.15) is 5.69 Å². The van der Waals surface area contributed by atoms with Crippen molar-refractivity contribution in [3.63, 3.8) is 0 Å². The third-order valence-electron chi connectivity index (χ3n) is 5.31. The van der Waals surface area contributed by atoms with Crippen molar-refractivity contribution in [2.45, 2.75) is 32.1 Å². The van der Waals surface area contributed by atoms with Crippen LogP contribution in [0, 0.1) is 6.92 Å². The van der Waals surface area contributed by atoms with E-state index in [-0.39, 0.29) is 11.9 Å². The van der Waals surface area contributed by atoms with Gasteiger partial charge in [0.2, 0.25) is 0 Å². The molecule has 2 aliphatic rings. The molecule has 5 heterocycles. The normalized spacial score (nSPS) is 22.7. The minimum atomic E-state index is 0.125. The Balaban J connectivity index is 1.45. The first-order valence-electron chi connectivity index (χ1n) is 8.82. The van der Waals surface area contributed by atoms with Gasteiger partial charge in [-0.1, -0.05) is 6.07 Å². The largest absolute Gasteiger partial charge is 0.337 e. The van der Waals surface area contributed by atoms with E-state index in [0.29, 0.717) is 12.6 Å². The quantitative estimate of drug-likeness (QED) is 0.692. The maximum absolute atomic E-state index is 13.1. The smallest absolute Gasteiger partial charge is 0.271 e. The predicted molar refractivity (Wildman–Crippen MR) is 104 cm³/mol. The van der Waals surface area contributed by atoms with E-state index in [4.69, 9.17) is 0 Å². The highest BCUT2D eigenvalue weighted by atomic mass is 32.1. The number of thiophene rings is 1. The minimum absolute atomic E-state index is 0.125. The Labute approximate surface area is 160 Å². The summed E-state index contributed by atoms with van der Waals surface area (Å²) >= 11 is 3.45. The second-order valence-electron chi connectivity index (χ2n) is 7.00. The zero-order valence-corrected chi connectivity index (χ0v) is 16.2. The molecule has 1 amide bonds. The lowest BCUT2D eigenvalue weighted by Crippen LogP contribution is -2.49. The molecule has 5 nitrogen and oxygen atoms in total. The lowest BCUT2D eigenvalue weighted by Gasteiger charge is -2.38. The third-order valence-corrected chi connectivity index (χ3v) is 6.99. The van der Waals surface area contributed by atoms with Crippen LogP contribution in [-0.2, 0) is 13.1 Å². The van der Waals surface area contributed by atoms with Gasteiger partial charge in [0, 0.05) is 36.1 Å². The molecule has 7 heteroatoms. The van der Waals surface area contributed by atoms with Gasteiger partial charge in [-0.05, 0) is 30.5 Å². The van der Waals surface area contributed by atoms with Crippen molar-refractivity contribution in [1.29, 1.82) is 0 Å². The second-order valence-corrected chi connectivity index (χ2v) is 9.09. The van der Waals surface area contributed by atoms with Crippen LogP contribution in [0.5, 0.6) is 0 Å². The molecule has 2 atom stereocenters. The van der Waals surface area contributed by atoms with Crippen LogP contribution >= 0.6 is 22.7 Å². The molecule has 2 aliphatic heterocycles. The molecule has 0 aromatic carbocycles. The average molecular weight is 385 g/mol. The molecule has 0 bridgehead atoms. The Bertz CT molecular complexity index is 929. The van der Waals surface area contributed by atoms with Crippen molar-refractivity contribution in [2.75, 3.05) is 13.1 Å². The summed E-state index contributed by atoms with van der Waals surface area (Å²) in [5.41, 5.74) is 1.80. The monoisotopic (exact) mass is 384 g/mol. The number of amides is 1. The SMILES string of the molecule is Cc1nc(CN2C(=O)c3cccn3[C@@H]3CN(Cc4cccs4)C[C@H]32)cs1. The summed E-state index contributed by atoms with van der Waals surface area (Å²) in [5, 5.41) is 5.25. The van der Waals surface area contributed by atoms with Gasteiger partial charge < -0.3 is 9.47 Å². The second kappa shape index (κ2) is 6.33. The Kier molecular flexibility index (Phi) is 3.95. The molecule has 0 aliphatic carbocycles. The topological polar surface area (TPSA) is 41.4 Å². The van der Waals surface area contributed by atoms with Crippen LogP contribution in [0.25, 0.3) is 0 Å². The number of nitrogens with zero attached hydrogens (tertiary/aromatic N) is 4. The molecule has 3 aromatic rings. The molecule has 0 radical (unpaired) electrons. The molecule has 0 spiro atoms. The summed E-state index contributed by atoms with van der Waals surface area (Å²) in [6.07, 6.45) is 2.06. The first-order chi connectivity index (χ1) is 12.7. The van der Waals surface area contributed by atoms with Crippen molar-refractivity contribution in [2.24, 2.45) is 0 Å². The number of rotatable bonds is 4. The van der Waals surface area contributed by atoms with E-state index in [1.807, 2.05) is 24.0 Å². The molecular formula is C19H20N4OS2. The van der Waals surface area contributed by atoms with Crippen molar-refractivity contribution >= 4 is 28.6 Å². The van der Waals surface area contributed by atoms with E-state index in [9.17, 15) is 4.79 Å². The van der Waals surface area contributed by atoms with Crippen LogP contribution in [0.2, 0.25) is 0 Å². The molecule has 1 saturated heterocycles. The van der Waals surface area contributed by atoms with Gasteiger partial charge in [0.05, 0.1) is 29.3 Å². The highest BCUT2D eigenvalue weighted by Gasteiger charge is 2.45. The fourth-order valence-electron chi connectivity index (χ4n) is 4.19. The zero-order chi connectivity index (χ0) is 17.7. The van der Waals surface area contributed by atoms with Crippen molar-refractivity contribution < 1.29 is 4.79 Å². The Morgan fingerprint density at radius 2 is 2.04 bits per heavy atom. The summed E-state index contributed by atoms with van der Waals surface area (Å²) < 4.78 is 2.18. The number of fused-ring (bicyclic) bond motifs is 3. The molecule has 1 fully saturated rings. The standard InChI is InChI=1S/C19H20N4OS2/c1-13-20-14(12-26-13)8-23-18-11-21(9-15-4-3-7-25-15)10-17(18)22-6-2-5-16(22)19(23)24/h2-7,12,17-18H,8-11H2,1H3/t17-,18-/m1/s1. The first kappa shape index (κ1) is 16.2. The number of aromatic nitrogens is 2. The van der Waals surface area contributed by atoms with Crippen LogP contribution in [-0.4, -0.2) is 44.4 Å². The lowest BCUT2D eigenvalue weighted by molar-refractivity contribution is 0.0554. The van der Waals surface area contributed by atoms with E-state index < -0.39 is 0 Å². The Morgan fingerprint density at radius 3 is 2.81 bits per heavy atom. The van der Waals surface area contributed by atoms with Crippen molar-refractivity contribution in [1.82, 2.24) is 19.4 Å². The number of thiazole rings is 1. The molecule has 3 aromatic heterocycles. The Hall–Kier alpha value is -1.96. The summed E-state index contributed by atoms with van der Waals surface area (Å²) in [4.78, 5) is 23.6. The zero-order valence-electron chi connectivity index (χ0n) is 14.5. The van der Waals surface area contributed by atoms with Crippen LogP contribution < -0.4 is 0 Å². The average Bonchev–Trinajstić information content (AvgIpc) is 3.39.